The molecule has 7 fully saturated rings. The third kappa shape index (κ3) is 27.9. The number of nitrogens with one attached hydrogen (secondary N) is 5. The number of amides is 5. The lowest BCUT2D eigenvalue weighted by molar-refractivity contribution is 0.0181. The molecule has 11 aromatic rings. The zero-order chi connectivity index (χ0) is 109. The monoisotopic (exact) mass is 2120 g/mol. The lowest BCUT2D eigenvalue weighted by Crippen LogP contribution is -2.47. The Balaban J connectivity index is 0.000000158. The Hall–Kier alpha value is -13.2. The average molecular weight is 2120 g/mol. The van der Waals surface area contributed by atoms with Gasteiger partial charge in [-0.2, -0.15) is 33.9 Å². The molecule has 0 spiro atoms. The van der Waals surface area contributed by atoms with Gasteiger partial charge in [-0.1, -0.05) is 29.6 Å². The summed E-state index contributed by atoms with van der Waals surface area (Å²) in [6, 6.07) is 18.2. The first-order chi connectivity index (χ1) is 70.6. The number of carbonyl (C=O) groups is 7. The van der Waals surface area contributed by atoms with Gasteiger partial charge in [0, 0.05) is 147 Å². The Bertz CT molecular complexity index is 6890. The quantitative estimate of drug-likeness (QED) is 0.0203. The molecule has 11 aromatic heterocycles. The van der Waals surface area contributed by atoms with Gasteiger partial charge in [0.1, 0.15) is 78.7 Å². The second kappa shape index (κ2) is 47.5. The Morgan fingerprint density at radius 3 is 1.28 bits per heavy atom. The Morgan fingerprint density at radius 2 is 0.860 bits per heavy atom. The van der Waals surface area contributed by atoms with Crippen molar-refractivity contribution >= 4 is 139 Å². The third-order valence-corrected chi connectivity index (χ3v) is 27.9. The van der Waals surface area contributed by atoms with Gasteiger partial charge in [-0.05, 0) is 248 Å². The molecule has 3 saturated heterocycles. The largest absolute Gasteiger partial charge is 0.477 e. The lowest BCUT2D eigenvalue weighted by atomic mass is 9.87. The van der Waals surface area contributed by atoms with Crippen molar-refractivity contribution in [1.29, 1.82) is 0 Å². The maximum Gasteiger partial charge on any atom is 0.415 e. The number of carboxylic acids is 1. The number of nitrogens with two attached hydrogens (primary N) is 2. The van der Waals surface area contributed by atoms with Crippen molar-refractivity contribution in [3.63, 3.8) is 0 Å². The Morgan fingerprint density at radius 1 is 0.473 bits per heavy atom. The number of Topliss-reactive ketones (excluding diaryl/α,β-unsaturated/α-hetero) is 1. The lowest BCUT2D eigenvalue weighted by Gasteiger charge is -2.26. The number of halogens is 2. The van der Waals surface area contributed by atoms with Crippen LogP contribution in [0.5, 0.6) is 0 Å². The highest BCUT2D eigenvalue weighted by atomic mass is 35.5. The van der Waals surface area contributed by atoms with Crippen LogP contribution in [0.3, 0.4) is 0 Å². The number of nitrogen functional groups attached to an aromatic ring is 1. The number of pyridine rings is 4. The number of fused-ring (bicyclic) bond motifs is 4. The zero-order valence-electron chi connectivity index (χ0n) is 87.9. The van der Waals surface area contributed by atoms with E-state index in [1.165, 1.54) is 77.6 Å². The van der Waals surface area contributed by atoms with Crippen LogP contribution in [-0.2, 0) is 28.4 Å². The first kappa shape index (κ1) is 114. The SMILES string of the molecule is CN(C(=O)OC(C)(C)C)c1cc(Cl)nc2c(C(=O)CC3CCC[C@]3(C)O)cnn12.CN(C(=O)OC(C)(C)C)c1cc(Cl)nc2c(C(=O)O)cnn12.CN(C(=O)OC(C)(C)C)c1cc(Nc2cccn(C3CCOCC3)c2=O)cc2c(C(=O)NC3CCC[C@]3(C)O)cnn12.CNc1cc(Nc2cccn(C3CCOCC3)c2=O)nc2c(C(=O)NC3CCC[C@]3(C)O)cnn12.C[C@]1(O)CCC[C@@H]1N.Nc1cccn(C2CCOCC2)c1=O. The summed E-state index contributed by atoms with van der Waals surface area (Å²) in [5, 5.41) is 82.6. The molecule has 4 saturated carbocycles. The number of nitrogens with zero attached hydrogens (tertiary/aromatic N) is 17. The molecule has 5 amide bonds. The molecule has 47 heteroatoms. The van der Waals surface area contributed by atoms with Crippen molar-refractivity contribution in [1.82, 2.24) is 77.7 Å². The van der Waals surface area contributed by atoms with Crippen molar-refractivity contribution in [3.8, 4) is 0 Å². The summed E-state index contributed by atoms with van der Waals surface area (Å²) >= 11 is 12.1. The van der Waals surface area contributed by atoms with Gasteiger partial charge >= 0.3 is 24.2 Å². The number of ketones is 1. The van der Waals surface area contributed by atoms with Gasteiger partial charge in [-0.25, -0.2) is 38.6 Å². The van der Waals surface area contributed by atoms with Crippen LogP contribution in [0.4, 0.5) is 66.2 Å². The maximum absolute atomic E-state index is 13.5. The number of aromatic carboxylic acids is 1. The maximum atomic E-state index is 13.5. The van der Waals surface area contributed by atoms with Crippen molar-refractivity contribution < 1.29 is 87.5 Å². The van der Waals surface area contributed by atoms with Crippen LogP contribution in [0.2, 0.25) is 10.3 Å². The fourth-order valence-corrected chi connectivity index (χ4v) is 19.3. The van der Waals surface area contributed by atoms with Crippen molar-refractivity contribution in [2.75, 3.05) is 104 Å². The van der Waals surface area contributed by atoms with E-state index in [4.69, 9.17) is 68.2 Å². The number of rotatable bonds is 19. The van der Waals surface area contributed by atoms with E-state index in [2.05, 4.69) is 61.9 Å². The van der Waals surface area contributed by atoms with Crippen LogP contribution in [0.1, 0.15) is 272 Å². The van der Waals surface area contributed by atoms with Crippen molar-refractivity contribution in [2.45, 2.75) is 287 Å². The minimum absolute atomic E-state index is 0.0162. The van der Waals surface area contributed by atoms with Crippen molar-refractivity contribution in [3.05, 3.63) is 174 Å². The summed E-state index contributed by atoms with van der Waals surface area (Å²) in [5.41, 5.74) is 8.71. The number of hydrogen-bond acceptors (Lipinski definition) is 32. The predicted octanol–water partition coefficient (Wildman–Crippen LogP) is 13.4. The van der Waals surface area contributed by atoms with Crippen LogP contribution in [0.25, 0.3) is 22.5 Å². The number of aliphatic hydroxyl groups is 4. The van der Waals surface area contributed by atoms with Gasteiger partial charge in [-0.3, -0.25) is 43.5 Å². The summed E-state index contributed by atoms with van der Waals surface area (Å²) in [5.74, 6) is -0.260. The summed E-state index contributed by atoms with van der Waals surface area (Å²) in [6.07, 6.45) is 23.8. The Labute approximate surface area is 877 Å². The summed E-state index contributed by atoms with van der Waals surface area (Å²) < 4.78 is 43.2. The molecule has 812 valence electrons. The smallest absolute Gasteiger partial charge is 0.415 e. The van der Waals surface area contributed by atoms with Crippen LogP contribution in [-0.4, -0.2) is 260 Å². The summed E-state index contributed by atoms with van der Waals surface area (Å²) in [6.45, 7) is 26.9. The van der Waals surface area contributed by atoms with E-state index in [0.717, 1.165) is 103 Å². The van der Waals surface area contributed by atoms with E-state index < -0.39 is 69.5 Å². The van der Waals surface area contributed by atoms with E-state index in [1.54, 1.807) is 166 Å². The minimum atomic E-state index is -1.18. The molecule has 0 radical (unpaired) electrons. The summed E-state index contributed by atoms with van der Waals surface area (Å²) in [7, 11) is 6.32. The molecule has 0 bridgehead atoms. The second-order valence-electron chi connectivity index (χ2n) is 42.6. The topological polar surface area (TPSA) is 572 Å². The third-order valence-electron chi connectivity index (χ3n) is 27.5. The van der Waals surface area contributed by atoms with E-state index in [1.807, 2.05) is 25.1 Å². The molecule has 18 rings (SSSR count). The molecule has 3 aliphatic heterocycles. The number of carboxylic acid groups (broad SMARTS) is 1. The van der Waals surface area contributed by atoms with Crippen LogP contribution >= 0.6 is 23.2 Å². The second-order valence-corrected chi connectivity index (χ2v) is 43.4. The number of ether oxygens (including phenoxy) is 6. The minimum Gasteiger partial charge on any atom is -0.477 e. The molecular weight excluding hydrogens is 1980 g/mol. The van der Waals surface area contributed by atoms with Crippen LogP contribution in [0, 0.1) is 5.92 Å². The van der Waals surface area contributed by atoms with E-state index in [-0.39, 0.29) is 115 Å². The zero-order valence-corrected chi connectivity index (χ0v) is 89.4. The average Bonchev–Trinajstić information content (AvgIpc) is 1.60. The predicted molar refractivity (Wildman–Crippen MR) is 566 cm³/mol. The molecule has 150 heavy (non-hydrogen) atoms. The van der Waals surface area contributed by atoms with Gasteiger partial charge in [0.15, 0.2) is 22.7 Å². The molecule has 4 aliphatic carbocycles. The first-order valence-electron chi connectivity index (χ1n) is 50.4. The van der Waals surface area contributed by atoms with Crippen LogP contribution < -0.4 is 69.4 Å². The number of carbonyl (C=O) groups excluding carboxylic acids is 6. The molecule has 0 aromatic carbocycles. The molecule has 14 N–H and O–H groups in total. The molecule has 45 nitrogen and oxygen atoms in total. The molecule has 7 aliphatic rings. The van der Waals surface area contributed by atoms with Gasteiger partial charge < -0.3 is 106 Å². The van der Waals surface area contributed by atoms with Crippen molar-refractivity contribution in [2.24, 2.45) is 11.7 Å². The van der Waals surface area contributed by atoms with Gasteiger partial charge in [0.05, 0.1) is 81.6 Å². The Kier molecular flexibility index (Phi) is 36.1. The van der Waals surface area contributed by atoms with E-state index in [0.29, 0.717) is 127 Å². The molecule has 8 atom stereocenters. The standard InChI is InChI=1S/C30H40N6O6.C24H31N7O4.C20H27ClN4O4.C13H15ClN4O4.C10H14N2O2.C6H13NO/c1-29(2,3)42-28(39)34(5)25-17-19(32-22-8-7-13-35(27(22)38)20-10-14-41-15-11-20)16-23-21(18-31-36(23)25)26(37)33-24-9-6-12-30(24,4)40;1-24(34)9-3-6-18(24)28-22(32)16-14-26-31-20(25-2)13-19(29-21(16)31)27-17-5-4-10-30(23(17)33)15-7-11-35-12-8-15;1-19(2,3)29-18(27)24(5)16-10-15(21)23-17-13(11-22-25(16)17)14(26)9-12-7-6-8-20(12,4)28;1-13(2,3)22-12(21)17(4)9-5-8(14)16-10-7(11(19)20)6-15-18(9)10;11-9-2-1-5-12(10(9)13)8-3-6-14-7-4-8;1-6(8)4-2-3-5(6)7/h7-8,13,16-18,20,24,32,40H,6,9-12,14-15H2,1-5H3,(H,33,37);4-5,10,13-15,18,25,34H,3,6-9,11-12H2,1-2H3,(H,27,29)(H,28,32);10-12,28H,6-9H2,1-5H3;5-6H,1-4H3,(H,19,20);1-2,5,8H,3-4,6-7,11H2;5,8H,2-4,7H2,1H3/t24?,30-;18?,24-;12?,20-;;;5-,6-/m000..0/s1. The highest BCUT2D eigenvalue weighted by molar-refractivity contribution is 6.30. The fourth-order valence-electron chi connectivity index (χ4n) is 18.9. The highest BCUT2D eigenvalue weighted by Crippen LogP contribution is 2.41. The number of hydrogen-bond donors (Lipinski definition) is 12. The van der Waals surface area contributed by atoms with Crippen LogP contribution in [0.15, 0.2) is 124 Å². The summed E-state index contributed by atoms with van der Waals surface area (Å²) in [4.78, 5) is 143. The fraction of sp³-hybridized carbons (Fsp3) is 0.544. The number of anilines is 9. The first-order valence-corrected chi connectivity index (χ1v) is 51.1. The molecule has 3 unspecified atom stereocenters. The van der Waals surface area contributed by atoms with Gasteiger partial charge in [-0.15, -0.1) is 0 Å². The number of aromatic nitrogens is 14. The van der Waals surface area contributed by atoms with Gasteiger partial charge in [0.25, 0.3) is 28.5 Å². The van der Waals surface area contributed by atoms with E-state index in [9.17, 15) is 68.4 Å². The van der Waals surface area contributed by atoms with Gasteiger partial charge in [0.2, 0.25) is 0 Å². The highest BCUT2D eigenvalue weighted by Gasteiger charge is 2.43. The normalized spacial score (nSPS) is 21.5. The molecule has 14 heterocycles. The molecular formula is C103H140Cl2N24O21. The van der Waals surface area contributed by atoms with E-state index >= 15 is 0 Å².